The predicted octanol–water partition coefficient (Wildman–Crippen LogP) is 3.40. The van der Waals surface area contributed by atoms with Crippen LogP contribution in [0, 0.1) is 0 Å². The minimum absolute atomic E-state index is 0.118. The number of aromatic amines is 1. The molecule has 0 aliphatic carbocycles. The third kappa shape index (κ3) is 4.60. The minimum atomic E-state index is -0.618. The predicted molar refractivity (Wildman–Crippen MR) is 135 cm³/mol. The maximum absolute atomic E-state index is 12.5. The van der Waals surface area contributed by atoms with E-state index < -0.39 is 10.9 Å². The van der Waals surface area contributed by atoms with E-state index in [0.29, 0.717) is 22.4 Å². The number of phenols is 1. The van der Waals surface area contributed by atoms with Crippen LogP contribution in [0.1, 0.15) is 11.1 Å². The Morgan fingerprint density at radius 3 is 2.46 bits per heavy atom. The SMILES string of the molecule is O=C(Cc1ccccc1)Nc1n[nH]c2ccc(Nc3c(NCc4cccc(O)c4)c(=O)c3=O)cc12. The molecule has 5 N–H and O–H groups in total. The summed E-state index contributed by atoms with van der Waals surface area (Å²) in [5.41, 5.74) is 2.04. The third-order valence-corrected chi connectivity index (χ3v) is 5.59. The second-order valence-corrected chi connectivity index (χ2v) is 8.10. The quantitative estimate of drug-likeness (QED) is 0.221. The Balaban J connectivity index is 1.32. The standard InChI is InChI=1S/C26H21N5O4/c32-18-8-4-7-16(11-18)14-27-22-23(25(35)24(22)34)28-17-9-10-20-19(13-17)26(31-30-20)29-21(33)12-15-5-2-1-3-6-15/h1-11,13,27-28,32H,12,14H2,(H2,29,30,31,33). The van der Waals surface area contributed by atoms with Gasteiger partial charge in [0.2, 0.25) is 5.91 Å². The molecule has 0 atom stereocenters. The van der Waals surface area contributed by atoms with Gasteiger partial charge in [-0.25, -0.2) is 0 Å². The Bertz CT molecular complexity index is 1600. The summed E-state index contributed by atoms with van der Waals surface area (Å²) in [6, 6.07) is 21.3. The van der Waals surface area contributed by atoms with Crippen LogP contribution in [0.3, 0.4) is 0 Å². The number of aromatic nitrogens is 2. The van der Waals surface area contributed by atoms with Crippen LogP contribution in [0.25, 0.3) is 10.9 Å². The molecule has 0 saturated carbocycles. The van der Waals surface area contributed by atoms with Crippen molar-refractivity contribution < 1.29 is 9.90 Å². The highest BCUT2D eigenvalue weighted by atomic mass is 16.3. The average Bonchev–Trinajstić information content (AvgIpc) is 3.25. The fourth-order valence-corrected chi connectivity index (χ4v) is 3.83. The molecule has 0 aliphatic heterocycles. The molecule has 1 aromatic heterocycles. The number of carbonyl (C=O) groups excluding carboxylic acids is 1. The van der Waals surface area contributed by atoms with Crippen LogP contribution in [0.2, 0.25) is 0 Å². The molecule has 1 heterocycles. The first kappa shape index (κ1) is 21.9. The fraction of sp³-hybridized carbons (Fsp3) is 0.0769. The monoisotopic (exact) mass is 467 g/mol. The molecule has 9 nitrogen and oxygen atoms in total. The number of H-pyrrole nitrogens is 1. The van der Waals surface area contributed by atoms with Crippen molar-refractivity contribution in [1.82, 2.24) is 10.2 Å². The van der Waals surface area contributed by atoms with Crippen molar-refractivity contribution in [3.05, 3.63) is 104 Å². The molecule has 4 aromatic carbocycles. The molecule has 0 aliphatic rings. The van der Waals surface area contributed by atoms with Gasteiger partial charge in [-0.1, -0.05) is 42.5 Å². The van der Waals surface area contributed by atoms with Gasteiger partial charge in [-0.2, -0.15) is 5.10 Å². The first-order valence-corrected chi connectivity index (χ1v) is 10.9. The first-order chi connectivity index (χ1) is 17.0. The van der Waals surface area contributed by atoms with Crippen molar-refractivity contribution in [1.29, 1.82) is 0 Å². The second-order valence-electron chi connectivity index (χ2n) is 8.10. The number of rotatable bonds is 8. The normalized spacial score (nSPS) is 11.0. The van der Waals surface area contributed by atoms with Gasteiger partial charge in [-0.05, 0) is 41.5 Å². The summed E-state index contributed by atoms with van der Waals surface area (Å²) in [5.74, 6) is 0.286. The number of hydrogen-bond acceptors (Lipinski definition) is 7. The zero-order chi connectivity index (χ0) is 24.4. The number of nitrogens with zero attached hydrogens (tertiary/aromatic N) is 1. The Labute approximate surface area is 199 Å². The van der Waals surface area contributed by atoms with Gasteiger partial charge >= 0.3 is 0 Å². The summed E-state index contributed by atoms with van der Waals surface area (Å²) in [5, 5.41) is 26.1. The molecule has 9 heteroatoms. The summed E-state index contributed by atoms with van der Waals surface area (Å²) >= 11 is 0. The van der Waals surface area contributed by atoms with Crippen molar-refractivity contribution in [3.8, 4) is 5.75 Å². The van der Waals surface area contributed by atoms with Crippen molar-refractivity contribution >= 4 is 39.7 Å². The topological polar surface area (TPSA) is 136 Å². The molecule has 5 rings (SSSR count). The Morgan fingerprint density at radius 2 is 1.66 bits per heavy atom. The van der Waals surface area contributed by atoms with Crippen LogP contribution in [-0.2, 0) is 17.8 Å². The molecule has 35 heavy (non-hydrogen) atoms. The first-order valence-electron chi connectivity index (χ1n) is 10.9. The van der Waals surface area contributed by atoms with E-state index in [2.05, 4.69) is 26.1 Å². The summed E-state index contributed by atoms with van der Waals surface area (Å²) in [6.07, 6.45) is 0.213. The molecule has 0 fully saturated rings. The van der Waals surface area contributed by atoms with Crippen molar-refractivity contribution in [3.63, 3.8) is 0 Å². The number of phenolic OH excluding ortho intramolecular Hbond substituents is 1. The zero-order valence-electron chi connectivity index (χ0n) is 18.5. The van der Waals surface area contributed by atoms with Crippen molar-refractivity contribution in [2.45, 2.75) is 13.0 Å². The molecule has 0 bridgehead atoms. The van der Waals surface area contributed by atoms with Gasteiger partial charge in [-0.15, -0.1) is 0 Å². The average molecular weight is 467 g/mol. The number of aromatic hydroxyl groups is 1. The lowest BCUT2D eigenvalue weighted by Crippen LogP contribution is -2.36. The highest BCUT2D eigenvalue weighted by Crippen LogP contribution is 2.28. The van der Waals surface area contributed by atoms with E-state index in [-0.39, 0.29) is 36.0 Å². The van der Waals surface area contributed by atoms with Crippen LogP contribution in [0.5, 0.6) is 5.75 Å². The molecular formula is C26H21N5O4. The van der Waals surface area contributed by atoms with Gasteiger partial charge in [-0.3, -0.25) is 19.5 Å². The van der Waals surface area contributed by atoms with E-state index >= 15 is 0 Å². The van der Waals surface area contributed by atoms with E-state index in [1.807, 2.05) is 30.3 Å². The zero-order valence-corrected chi connectivity index (χ0v) is 18.5. The van der Waals surface area contributed by atoms with Gasteiger partial charge in [0.05, 0.1) is 11.9 Å². The molecule has 5 aromatic rings. The Morgan fingerprint density at radius 1 is 0.886 bits per heavy atom. The molecule has 0 radical (unpaired) electrons. The van der Waals surface area contributed by atoms with E-state index in [0.717, 1.165) is 11.1 Å². The van der Waals surface area contributed by atoms with Crippen LogP contribution in [0.4, 0.5) is 22.9 Å². The maximum atomic E-state index is 12.5. The number of benzene rings is 3. The minimum Gasteiger partial charge on any atom is -0.508 e. The van der Waals surface area contributed by atoms with Crippen molar-refractivity contribution in [2.75, 3.05) is 16.0 Å². The molecule has 0 spiro atoms. The van der Waals surface area contributed by atoms with Crippen LogP contribution >= 0.6 is 0 Å². The van der Waals surface area contributed by atoms with E-state index in [9.17, 15) is 19.5 Å². The Kier molecular flexibility index (Phi) is 5.72. The van der Waals surface area contributed by atoms with Gasteiger partial charge in [0.1, 0.15) is 17.1 Å². The second kappa shape index (κ2) is 9.14. The van der Waals surface area contributed by atoms with Gasteiger partial charge in [0.15, 0.2) is 5.82 Å². The van der Waals surface area contributed by atoms with E-state index in [4.69, 9.17) is 0 Å². The molecule has 174 valence electrons. The number of carbonyl (C=O) groups is 1. The number of fused-ring (bicyclic) bond motifs is 1. The van der Waals surface area contributed by atoms with Crippen molar-refractivity contribution in [2.24, 2.45) is 0 Å². The van der Waals surface area contributed by atoms with Gasteiger partial charge < -0.3 is 21.1 Å². The largest absolute Gasteiger partial charge is 0.508 e. The number of hydrogen-bond donors (Lipinski definition) is 5. The molecule has 0 saturated heterocycles. The number of nitrogens with one attached hydrogen (secondary N) is 4. The highest BCUT2D eigenvalue weighted by molar-refractivity contribution is 6.01. The van der Waals surface area contributed by atoms with E-state index in [1.165, 1.54) is 0 Å². The smallest absolute Gasteiger partial charge is 0.253 e. The van der Waals surface area contributed by atoms with Crippen LogP contribution < -0.4 is 26.8 Å². The lowest BCUT2D eigenvalue weighted by molar-refractivity contribution is -0.115. The summed E-state index contributed by atoms with van der Waals surface area (Å²) in [6.45, 7) is 0.270. The highest BCUT2D eigenvalue weighted by Gasteiger charge is 2.21. The lowest BCUT2D eigenvalue weighted by atomic mass is 10.1. The van der Waals surface area contributed by atoms with Crippen LogP contribution in [0.15, 0.2) is 82.4 Å². The number of amides is 1. The lowest BCUT2D eigenvalue weighted by Gasteiger charge is -2.15. The van der Waals surface area contributed by atoms with E-state index in [1.54, 1.807) is 42.5 Å². The fourth-order valence-electron chi connectivity index (χ4n) is 3.83. The molecule has 0 unspecified atom stereocenters. The Hall–Kier alpha value is -4.92. The summed E-state index contributed by atoms with van der Waals surface area (Å²) in [4.78, 5) is 36.8. The van der Waals surface area contributed by atoms with Gasteiger partial charge in [0.25, 0.3) is 10.9 Å². The summed E-state index contributed by atoms with van der Waals surface area (Å²) in [7, 11) is 0. The summed E-state index contributed by atoms with van der Waals surface area (Å²) < 4.78 is 0. The third-order valence-electron chi connectivity index (χ3n) is 5.59. The maximum Gasteiger partial charge on any atom is 0.253 e. The molecule has 1 amide bonds. The molecular weight excluding hydrogens is 446 g/mol. The number of anilines is 4. The van der Waals surface area contributed by atoms with Gasteiger partial charge in [0, 0.05) is 17.6 Å². The van der Waals surface area contributed by atoms with Crippen LogP contribution in [-0.4, -0.2) is 21.2 Å².